The fourth-order valence-corrected chi connectivity index (χ4v) is 5.51. The number of likely N-dealkylation sites (N-methyl/N-ethyl adjacent to an activating group) is 2. The van der Waals surface area contributed by atoms with Gasteiger partial charge in [0.15, 0.2) is 0 Å². The molecule has 1 aliphatic carbocycles. The van der Waals surface area contributed by atoms with E-state index in [1.54, 1.807) is 27.1 Å². The predicted octanol–water partition coefficient (Wildman–Crippen LogP) is -1.08. The van der Waals surface area contributed by atoms with Crippen molar-refractivity contribution >= 4 is 0 Å². The van der Waals surface area contributed by atoms with E-state index in [1.165, 1.54) is 18.2 Å². The molecule has 11 nitrogen and oxygen atoms in total. The lowest BCUT2D eigenvalue weighted by Gasteiger charge is -2.60. The lowest BCUT2D eigenvalue weighted by molar-refractivity contribution is -0.482. The second-order valence-corrected chi connectivity index (χ2v) is 9.76. The molecule has 2 saturated heterocycles. The number of fused-ring (bicyclic) bond motifs is 2. The molecular weight excluding hydrogens is 503 g/mol. The van der Waals surface area contributed by atoms with Crippen LogP contribution in [0.15, 0.2) is 24.3 Å². The molecule has 0 aromatic heterocycles. The summed E-state index contributed by atoms with van der Waals surface area (Å²) in [6.45, 7) is 1.21. The maximum atomic E-state index is 12.8. The fourth-order valence-electron chi connectivity index (χ4n) is 5.51. The Kier molecular flexibility index (Phi) is 8.08. The van der Waals surface area contributed by atoms with E-state index in [2.05, 4.69) is 20.7 Å². The topological polar surface area (TPSA) is 154 Å². The second kappa shape index (κ2) is 10.5. The summed E-state index contributed by atoms with van der Waals surface area (Å²) in [5.41, 5.74) is -1.84. The molecule has 2 aliphatic heterocycles. The van der Waals surface area contributed by atoms with E-state index in [9.17, 15) is 33.6 Å². The van der Waals surface area contributed by atoms with Gasteiger partial charge in [-0.15, -0.1) is 13.2 Å². The monoisotopic (exact) mass is 537 g/mol. The van der Waals surface area contributed by atoms with Crippen molar-refractivity contribution in [2.24, 2.45) is 0 Å². The van der Waals surface area contributed by atoms with Crippen LogP contribution in [0.5, 0.6) is 5.75 Å². The Labute approximate surface area is 211 Å². The van der Waals surface area contributed by atoms with Gasteiger partial charge in [0.05, 0.1) is 24.3 Å². The molecule has 3 aliphatic rings. The minimum Gasteiger partial charge on any atom is -0.405 e. The standard InChI is InChI=1S/C23H34F3N3O8/c1-11-8-21(32,10-29-9-12-6-4-5-7-13(12)36-23(24,25)26)22(33)20(34-11)35-19-17(31)14(27-2)16(30)15(28-3)18(19)37-22/h4-7,11,14-20,27-33H,8-10H2,1-3H3/t11-,14-,15+,16+,17+,18-,19?,20+,21?,22-/m1/s1. The summed E-state index contributed by atoms with van der Waals surface area (Å²) in [5.74, 6) is -2.83. The van der Waals surface area contributed by atoms with Crippen molar-refractivity contribution in [2.45, 2.75) is 86.5 Å². The number of halogens is 3. The smallest absolute Gasteiger partial charge is 0.405 e. The highest BCUT2D eigenvalue weighted by molar-refractivity contribution is 5.33. The largest absolute Gasteiger partial charge is 0.573 e. The lowest BCUT2D eigenvalue weighted by atomic mass is 9.77. The normalized spacial score (nSPS) is 42.1. The van der Waals surface area contributed by atoms with Gasteiger partial charge in [-0.3, -0.25) is 0 Å². The second-order valence-electron chi connectivity index (χ2n) is 9.76. The molecule has 10 atom stereocenters. The van der Waals surface area contributed by atoms with Gasteiger partial charge >= 0.3 is 6.36 Å². The highest BCUT2D eigenvalue weighted by Crippen LogP contribution is 2.46. The van der Waals surface area contributed by atoms with Gasteiger partial charge in [0.25, 0.3) is 0 Å². The molecule has 3 fully saturated rings. The van der Waals surface area contributed by atoms with E-state index in [0.717, 1.165) is 0 Å². The number of aliphatic hydroxyl groups excluding tert-OH is 2. The molecule has 0 spiro atoms. The first-order valence-corrected chi connectivity index (χ1v) is 12.0. The van der Waals surface area contributed by atoms with Crippen LogP contribution < -0.4 is 20.7 Å². The van der Waals surface area contributed by atoms with Crippen molar-refractivity contribution in [2.75, 3.05) is 20.6 Å². The number of hydrogen-bond acceptors (Lipinski definition) is 11. The average molecular weight is 538 g/mol. The summed E-state index contributed by atoms with van der Waals surface area (Å²) in [6, 6.07) is 4.00. The molecule has 0 amide bonds. The first-order chi connectivity index (χ1) is 17.3. The first kappa shape index (κ1) is 28.4. The van der Waals surface area contributed by atoms with Crippen molar-refractivity contribution in [3.05, 3.63) is 29.8 Å². The van der Waals surface area contributed by atoms with E-state index >= 15 is 0 Å². The summed E-state index contributed by atoms with van der Waals surface area (Å²) in [5, 5.41) is 53.5. The molecule has 1 aromatic carbocycles. The number of benzene rings is 1. The van der Waals surface area contributed by atoms with E-state index < -0.39 is 72.4 Å². The van der Waals surface area contributed by atoms with Crippen molar-refractivity contribution in [3.63, 3.8) is 0 Å². The summed E-state index contributed by atoms with van der Waals surface area (Å²) in [7, 11) is 3.15. The van der Waals surface area contributed by atoms with Gasteiger partial charge in [0.1, 0.15) is 29.7 Å². The Bertz CT molecular complexity index is 945. The third-order valence-corrected chi connectivity index (χ3v) is 7.28. The Morgan fingerprint density at radius 2 is 1.70 bits per heavy atom. The van der Waals surface area contributed by atoms with Gasteiger partial charge in [0, 0.05) is 25.1 Å². The molecule has 37 heavy (non-hydrogen) atoms. The maximum Gasteiger partial charge on any atom is 0.573 e. The summed E-state index contributed by atoms with van der Waals surface area (Å²) in [6.07, 6.45) is -11.5. The molecule has 1 saturated carbocycles. The summed E-state index contributed by atoms with van der Waals surface area (Å²) < 4.78 is 60.1. The summed E-state index contributed by atoms with van der Waals surface area (Å²) >= 11 is 0. The summed E-state index contributed by atoms with van der Waals surface area (Å²) in [4.78, 5) is 0. The predicted molar refractivity (Wildman–Crippen MR) is 121 cm³/mol. The van der Waals surface area contributed by atoms with Crippen molar-refractivity contribution in [1.29, 1.82) is 0 Å². The number of para-hydroxylation sites is 1. The van der Waals surface area contributed by atoms with Gasteiger partial charge in [0.2, 0.25) is 12.1 Å². The van der Waals surface area contributed by atoms with Crippen molar-refractivity contribution < 1.29 is 52.5 Å². The van der Waals surface area contributed by atoms with Crippen LogP contribution in [0.1, 0.15) is 18.9 Å². The quantitative estimate of drug-likeness (QED) is 0.227. The van der Waals surface area contributed by atoms with Gasteiger partial charge in [-0.25, -0.2) is 0 Å². The van der Waals surface area contributed by atoms with Gasteiger partial charge < -0.3 is 55.3 Å². The molecule has 4 rings (SSSR count). The molecule has 0 bridgehead atoms. The molecule has 1 aromatic rings. The third kappa shape index (κ3) is 5.32. The Balaban J connectivity index is 1.55. The Hall–Kier alpha value is -1.59. The molecule has 14 heteroatoms. The van der Waals surface area contributed by atoms with Crippen LogP contribution in [0, 0.1) is 0 Å². The Morgan fingerprint density at radius 3 is 2.35 bits per heavy atom. The minimum absolute atomic E-state index is 0.108. The van der Waals surface area contributed by atoms with Crippen LogP contribution in [0.4, 0.5) is 13.2 Å². The fraction of sp³-hybridized carbons (Fsp3) is 0.739. The van der Waals surface area contributed by atoms with E-state index in [0.29, 0.717) is 0 Å². The van der Waals surface area contributed by atoms with E-state index in [1.807, 2.05) is 0 Å². The maximum absolute atomic E-state index is 12.8. The van der Waals surface area contributed by atoms with Gasteiger partial charge in [-0.05, 0) is 27.1 Å². The minimum atomic E-state index is -4.87. The van der Waals surface area contributed by atoms with E-state index in [4.69, 9.17) is 14.2 Å². The number of alkyl halides is 3. The van der Waals surface area contributed by atoms with Gasteiger partial charge in [-0.1, -0.05) is 18.2 Å². The highest BCUT2D eigenvalue weighted by Gasteiger charge is 2.68. The van der Waals surface area contributed by atoms with Crippen molar-refractivity contribution in [3.8, 4) is 5.75 Å². The molecular formula is C23H34F3N3O8. The zero-order chi connectivity index (χ0) is 27.2. The molecule has 2 heterocycles. The van der Waals surface area contributed by atoms with Gasteiger partial charge in [-0.2, -0.15) is 0 Å². The molecule has 210 valence electrons. The van der Waals surface area contributed by atoms with Crippen LogP contribution in [0.2, 0.25) is 0 Å². The number of aliphatic hydroxyl groups is 4. The zero-order valence-corrected chi connectivity index (χ0v) is 20.6. The zero-order valence-electron chi connectivity index (χ0n) is 20.6. The number of rotatable bonds is 7. The van der Waals surface area contributed by atoms with Crippen LogP contribution in [0.25, 0.3) is 0 Å². The lowest BCUT2D eigenvalue weighted by Crippen LogP contribution is -2.81. The van der Waals surface area contributed by atoms with Crippen LogP contribution in [0.3, 0.4) is 0 Å². The Morgan fingerprint density at radius 1 is 1.03 bits per heavy atom. The first-order valence-electron chi connectivity index (χ1n) is 12.0. The highest BCUT2D eigenvalue weighted by atomic mass is 19.4. The van der Waals surface area contributed by atoms with E-state index in [-0.39, 0.29) is 25.1 Å². The average Bonchev–Trinajstić information content (AvgIpc) is 2.80. The number of nitrogens with one attached hydrogen (secondary N) is 3. The molecule has 7 N–H and O–H groups in total. The molecule has 2 unspecified atom stereocenters. The number of hydrogen-bond donors (Lipinski definition) is 7. The van der Waals surface area contributed by atoms with Crippen LogP contribution in [-0.4, -0.2) is 108 Å². The van der Waals surface area contributed by atoms with Crippen LogP contribution >= 0.6 is 0 Å². The number of ether oxygens (including phenoxy) is 4. The molecule has 0 radical (unpaired) electrons. The van der Waals surface area contributed by atoms with Crippen molar-refractivity contribution in [1.82, 2.24) is 16.0 Å². The van der Waals surface area contributed by atoms with Crippen LogP contribution in [-0.2, 0) is 20.8 Å². The SMILES string of the molecule is CN[C@@H]1[C@H](O)[C@H](NC)[C@H]2O[C@]3(O)[C@H](OC2[C@H]1O)O[C@H](C)CC3(O)CNCc1ccccc1OC(F)(F)F. The third-order valence-electron chi connectivity index (χ3n) is 7.28.